The number of carbonyl (C=O) groups is 4. The van der Waals surface area contributed by atoms with Gasteiger partial charge in [-0.05, 0) is 19.1 Å². The number of nitrogens with one attached hydrogen (secondary N) is 2. The Bertz CT molecular complexity index is 685. The highest BCUT2D eigenvalue weighted by atomic mass is 32.2. The van der Waals surface area contributed by atoms with E-state index in [-0.39, 0.29) is 31.4 Å². The number of thioether (sulfide) groups is 1. The van der Waals surface area contributed by atoms with Crippen molar-refractivity contribution in [2.75, 3.05) is 18.9 Å². The van der Waals surface area contributed by atoms with Crippen LogP contribution in [0.25, 0.3) is 0 Å². The maximum absolute atomic E-state index is 11.9. The molecular formula is C15H17N3O6S. The fourth-order valence-electron chi connectivity index (χ4n) is 1.92. The first-order valence-electron chi connectivity index (χ1n) is 7.41. The third-order valence-corrected chi connectivity index (χ3v) is 4.02. The molecule has 1 aromatic rings. The highest BCUT2D eigenvalue weighted by Gasteiger charge is 2.29. The molecule has 2 rings (SSSR count). The molecular weight excluding hydrogens is 350 g/mol. The molecule has 1 fully saturated rings. The van der Waals surface area contributed by atoms with Gasteiger partial charge in [0.25, 0.3) is 0 Å². The van der Waals surface area contributed by atoms with Crippen LogP contribution < -0.4 is 10.6 Å². The second-order valence-electron chi connectivity index (χ2n) is 4.81. The average Bonchev–Trinajstić information content (AvgIpc) is 3.18. The fourth-order valence-corrected chi connectivity index (χ4v) is 2.85. The number of carbonyl (C=O) groups excluding carboxylic acids is 4. The minimum atomic E-state index is -0.711. The topological polar surface area (TPSA) is 118 Å². The fraction of sp³-hybridized carbons (Fsp3) is 0.333. The van der Waals surface area contributed by atoms with E-state index >= 15 is 0 Å². The first-order valence-corrected chi connectivity index (χ1v) is 8.39. The summed E-state index contributed by atoms with van der Waals surface area (Å²) in [6.07, 6.45) is 2.62. The Hall–Kier alpha value is -2.75. The zero-order valence-corrected chi connectivity index (χ0v) is 14.3. The van der Waals surface area contributed by atoms with Gasteiger partial charge in [0.05, 0.1) is 36.3 Å². The van der Waals surface area contributed by atoms with E-state index in [0.717, 1.165) is 22.7 Å². The number of urea groups is 1. The molecule has 25 heavy (non-hydrogen) atoms. The summed E-state index contributed by atoms with van der Waals surface area (Å²) in [4.78, 5) is 48.1. The van der Waals surface area contributed by atoms with Gasteiger partial charge in [-0.25, -0.2) is 9.59 Å². The Morgan fingerprint density at radius 1 is 1.44 bits per heavy atom. The summed E-state index contributed by atoms with van der Waals surface area (Å²) < 4.78 is 9.83. The highest BCUT2D eigenvalue weighted by Crippen LogP contribution is 2.28. The van der Waals surface area contributed by atoms with Crippen molar-refractivity contribution in [2.24, 2.45) is 0 Å². The zero-order chi connectivity index (χ0) is 18.2. The minimum Gasteiger partial charge on any atom is -0.467 e. The summed E-state index contributed by atoms with van der Waals surface area (Å²) in [6.45, 7) is 1.62. The normalized spacial score (nSPS) is 15.3. The smallest absolute Gasteiger partial charge is 0.333 e. The van der Waals surface area contributed by atoms with Gasteiger partial charge in [-0.1, -0.05) is 11.8 Å². The minimum absolute atomic E-state index is 0.114. The number of hydrogen-bond donors (Lipinski definition) is 2. The van der Waals surface area contributed by atoms with Crippen molar-refractivity contribution in [3.05, 3.63) is 35.3 Å². The lowest BCUT2D eigenvalue weighted by Crippen LogP contribution is -2.44. The molecule has 0 saturated carbocycles. The summed E-state index contributed by atoms with van der Waals surface area (Å²) in [7, 11) is 0. The molecule has 1 aliphatic rings. The molecule has 9 nitrogen and oxygen atoms in total. The van der Waals surface area contributed by atoms with Gasteiger partial charge in [0.2, 0.25) is 11.8 Å². The molecule has 10 heteroatoms. The SMILES string of the molecule is CCOC(=O)C=C1SCC(=O)N1CC(=O)NC(=O)NCc1ccco1. The Balaban J connectivity index is 1.85. The Labute approximate surface area is 147 Å². The number of rotatable bonds is 6. The molecule has 2 N–H and O–H groups in total. The molecule has 134 valence electrons. The molecule has 0 unspecified atom stereocenters. The van der Waals surface area contributed by atoms with Gasteiger partial charge in [-0.15, -0.1) is 0 Å². The van der Waals surface area contributed by atoms with Crippen LogP contribution in [0.2, 0.25) is 0 Å². The lowest BCUT2D eigenvalue weighted by atomic mass is 10.4. The van der Waals surface area contributed by atoms with Gasteiger partial charge >= 0.3 is 12.0 Å². The molecule has 1 aliphatic heterocycles. The largest absolute Gasteiger partial charge is 0.467 e. The second kappa shape index (κ2) is 8.92. The van der Waals surface area contributed by atoms with Crippen molar-refractivity contribution in [3.8, 4) is 0 Å². The van der Waals surface area contributed by atoms with Crippen LogP contribution >= 0.6 is 11.8 Å². The molecule has 2 heterocycles. The number of esters is 1. The standard InChI is InChI=1S/C15H17N3O6S/c1-2-23-14(21)6-13-18(12(20)9-25-13)8-11(19)17-15(22)16-7-10-4-3-5-24-10/h3-6H,2,7-9H2,1H3,(H2,16,17,19,22). The van der Waals surface area contributed by atoms with Crippen LogP contribution in [0.4, 0.5) is 4.79 Å². The molecule has 1 aromatic heterocycles. The predicted octanol–water partition coefficient (Wildman–Crippen LogP) is 0.585. The lowest BCUT2D eigenvalue weighted by molar-refractivity contribution is -0.137. The van der Waals surface area contributed by atoms with Gasteiger partial charge in [0.15, 0.2) is 0 Å². The lowest BCUT2D eigenvalue weighted by Gasteiger charge is -2.16. The molecule has 0 atom stereocenters. The zero-order valence-electron chi connectivity index (χ0n) is 13.4. The van der Waals surface area contributed by atoms with E-state index < -0.39 is 17.9 Å². The van der Waals surface area contributed by atoms with Crippen LogP contribution in [0, 0.1) is 0 Å². The summed E-state index contributed by atoms with van der Waals surface area (Å²) >= 11 is 1.13. The van der Waals surface area contributed by atoms with E-state index in [1.165, 1.54) is 6.26 Å². The van der Waals surface area contributed by atoms with E-state index in [9.17, 15) is 19.2 Å². The number of ether oxygens (including phenoxy) is 1. The number of hydrogen-bond acceptors (Lipinski definition) is 7. The van der Waals surface area contributed by atoms with Crippen LogP contribution in [0.5, 0.6) is 0 Å². The van der Waals surface area contributed by atoms with Crippen LogP contribution in [0.1, 0.15) is 12.7 Å². The van der Waals surface area contributed by atoms with E-state index in [1.54, 1.807) is 19.1 Å². The average molecular weight is 367 g/mol. The monoisotopic (exact) mass is 367 g/mol. The van der Waals surface area contributed by atoms with Gasteiger partial charge < -0.3 is 14.5 Å². The van der Waals surface area contributed by atoms with E-state index in [0.29, 0.717) is 10.8 Å². The van der Waals surface area contributed by atoms with Gasteiger partial charge in [0, 0.05) is 0 Å². The number of nitrogens with zero attached hydrogens (tertiary/aromatic N) is 1. The number of furan rings is 1. The quantitative estimate of drug-likeness (QED) is 0.558. The highest BCUT2D eigenvalue weighted by molar-refractivity contribution is 8.04. The molecule has 0 spiro atoms. The van der Waals surface area contributed by atoms with Crippen LogP contribution in [-0.2, 0) is 25.7 Å². The molecule has 0 aliphatic carbocycles. The summed E-state index contributed by atoms with van der Waals surface area (Å²) in [6, 6.07) is 2.64. The van der Waals surface area contributed by atoms with E-state index in [2.05, 4.69) is 10.6 Å². The van der Waals surface area contributed by atoms with Crippen molar-refractivity contribution in [1.29, 1.82) is 0 Å². The summed E-state index contributed by atoms with van der Waals surface area (Å²) in [5, 5.41) is 4.88. The molecule has 4 amide bonds. The molecule has 1 saturated heterocycles. The van der Waals surface area contributed by atoms with Gasteiger partial charge in [0.1, 0.15) is 12.3 Å². The van der Waals surface area contributed by atoms with Crippen molar-refractivity contribution in [3.63, 3.8) is 0 Å². The summed E-state index contributed by atoms with van der Waals surface area (Å²) in [5.74, 6) is -0.952. The second-order valence-corrected chi connectivity index (χ2v) is 5.81. The third-order valence-electron chi connectivity index (χ3n) is 3.00. The maximum Gasteiger partial charge on any atom is 0.333 e. The van der Waals surface area contributed by atoms with Crippen LogP contribution in [0.3, 0.4) is 0 Å². The molecule has 0 aromatic carbocycles. The predicted molar refractivity (Wildman–Crippen MR) is 88.0 cm³/mol. The van der Waals surface area contributed by atoms with Crippen molar-refractivity contribution >= 4 is 35.6 Å². The van der Waals surface area contributed by atoms with Crippen LogP contribution in [-0.4, -0.2) is 47.6 Å². The van der Waals surface area contributed by atoms with E-state index in [4.69, 9.17) is 9.15 Å². The Morgan fingerprint density at radius 3 is 2.92 bits per heavy atom. The number of imide groups is 1. The van der Waals surface area contributed by atoms with Crippen molar-refractivity contribution in [1.82, 2.24) is 15.5 Å². The Kier molecular flexibility index (Phi) is 6.63. The third kappa shape index (κ3) is 5.68. The first kappa shape index (κ1) is 18.6. The van der Waals surface area contributed by atoms with E-state index in [1.807, 2.05) is 0 Å². The molecule has 0 bridgehead atoms. The van der Waals surface area contributed by atoms with Crippen LogP contribution in [0.15, 0.2) is 33.9 Å². The van der Waals surface area contributed by atoms with Crippen molar-refractivity contribution in [2.45, 2.75) is 13.5 Å². The number of amides is 4. The van der Waals surface area contributed by atoms with Gasteiger partial charge in [-0.2, -0.15) is 0 Å². The van der Waals surface area contributed by atoms with Gasteiger partial charge in [-0.3, -0.25) is 19.8 Å². The summed E-state index contributed by atoms with van der Waals surface area (Å²) in [5.41, 5.74) is 0. The van der Waals surface area contributed by atoms with Crippen molar-refractivity contribution < 1.29 is 28.3 Å². The first-order chi connectivity index (χ1) is 12.0. The molecule has 0 radical (unpaired) electrons. The maximum atomic E-state index is 11.9. The Morgan fingerprint density at radius 2 is 2.24 bits per heavy atom.